The zero-order chi connectivity index (χ0) is 13.0. The molecule has 1 N–H and O–H groups in total. The van der Waals surface area contributed by atoms with Gasteiger partial charge in [0.1, 0.15) is 5.82 Å². The van der Waals surface area contributed by atoms with Crippen LogP contribution in [0.2, 0.25) is 0 Å². The van der Waals surface area contributed by atoms with Gasteiger partial charge >= 0.3 is 0 Å². The van der Waals surface area contributed by atoms with Crippen molar-refractivity contribution in [1.29, 1.82) is 0 Å². The second kappa shape index (κ2) is 5.78. The van der Waals surface area contributed by atoms with E-state index in [1.807, 2.05) is 16.9 Å². The second-order valence-corrected chi connectivity index (χ2v) is 4.39. The van der Waals surface area contributed by atoms with Gasteiger partial charge in [0.25, 0.3) is 0 Å². The van der Waals surface area contributed by atoms with Crippen LogP contribution in [0.1, 0.15) is 13.8 Å². The molecule has 2 aromatic rings. The number of hydrogen-bond acceptors (Lipinski definition) is 2. The van der Waals surface area contributed by atoms with E-state index < -0.39 is 0 Å². The van der Waals surface area contributed by atoms with Crippen LogP contribution >= 0.6 is 0 Å². The molecule has 0 aliphatic rings. The third-order valence-electron chi connectivity index (χ3n) is 2.79. The number of aromatic nitrogens is 2. The average molecular weight is 247 g/mol. The van der Waals surface area contributed by atoms with E-state index >= 15 is 0 Å². The number of likely N-dealkylation sites (N-methyl/N-ethyl adjacent to an activating group) is 1. The first-order chi connectivity index (χ1) is 8.69. The molecular formula is C14H18FN3. The number of nitrogens with one attached hydrogen (secondary N) is 1. The van der Waals surface area contributed by atoms with Crippen LogP contribution < -0.4 is 5.32 Å². The van der Waals surface area contributed by atoms with Crippen LogP contribution in [0, 0.1) is 5.82 Å². The fraction of sp³-hybridized carbons (Fsp3) is 0.357. The standard InChI is InChI=1S/C14H18FN3/c1-3-16-11(2)10-18-9-8-14(17-18)12-4-6-13(15)7-5-12/h4-9,11,16H,3,10H2,1-2H3/t11-/m1/s1. The first kappa shape index (κ1) is 12.8. The fourth-order valence-electron chi connectivity index (χ4n) is 1.93. The van der Waals surface area contributed by atoms with Crippen molar-refractivity contribution < 1.29 is 4.39 Å². The maximum absolute atomic E-state index is 12.8. The van der Waals surface area contributed by atoms with Crippen molar-refractivity contribution >= 4 is 0 Å². The summed E-state index contributed by atoms with van der Waals surface area (Å²) in [4.78, 5) is 0. The van der Waals surface area contributed by atoms with Crippen LogP contribution in [0.5, 0.6) is 0 Å². The van der Waals surface area contributed by atoms with Crippen LogP contribution in [-0.2, 0) is 6.54 Å². The predicted molar refractivity (Wildman–Crippen MR) is 70.8 cm³/mol. The molecule has 0 bridgehead atoms. The molecule has 1 atom stereocenters. The van der Waals surface area contributed by atoms with E-state index in [9.17, 15) is 4.39 Å². The topological polar surface area (TPSA) is 29.9 Å². The van der Waals surface area contributed by atoms with Gasteiger partial charge in [-0.1, -0.05) is 6.92 Å². The van der Waals surface area contributed by atoms with Gasteiger partial charge in [0, 0.05) is 17.8 Å². The summed E-state index contributed by atoms with van der Waals surface area (Å²) >= 11 is 0. The van der Waals surface area contributed by atoms with Crippen LogP contribution in [-0.4, -0.2) is 22.4 Å². The summed E-state index contributed by atoms with van der Waals surface area (Å²) in [6, 6.07) is 8.73. The SMILES string of the molecule is CCN[C@H](C)Cn1ccc(-c2ccc(F)cc2)n1. The zero-order valence-electron chi connectivity index (χ0n) is 10.7. The van der Waals surface area contributed by atoms with Gasteiger partial charge in [0.05, 0.1) is 12.2 Å². The van der Waals surface area contributed by atoms with Crippen molar-refractivity contribution in [2.75, 3.05) is 6.54 Å². The van der Waals surface area contributed by atoms with Crippen molar-refractivity contribution in [3.8, 4) is 11.3 Å². The van der Waals surface area contributed by atoms with Gasteiger partial charge in [0.2, 0.25) is 0 Å². The molecule has 0 saturated heterocycles. The van der Waals surface area contributed by atoms with Gasteiger partial charge in [-0.05, 0) is 43.8 Å². The minimum Gasteiger partial charge on any atom is -0.313 e. The van der Waals surface area contributed by atoms with Crippen LogP contribution in [0.3, 0.4) is 0 Å². The van der Waals surface area contributed by atoms with E-state index in [0.717, 1.165) is 24.3 Å². The van der Waals surface area contributed by atoms with E-state index in [2.05, 4.69) is 24.3 Å². The maximum atomic E-state index is 12.8. The predicted octanol–water partition coefficient (Wildman–Crippen LogP) is 2.69. The fourth-order valence-corrected chi connectivity index (χ4v) is 1.93. The van der Waals surface area contributed by atoms with Gasteiger partial charge in [-0.25, -0.2) is 4.39 Å². The molecule has 0 unspecified atom stereocenters. The smallest absolute Gasteiger partial charge is 0.123 e. The normalized spacial score (nSPS) is 12.6. The summed E-state index contributed by atoms with van der Waals surface area (Å²) in [6.07, 6.45) is 1.95. The quantitative estimate of drug-likeness (QED) is 0.880. The number of hydrogen-bond donors (Lipinski definition) is 1. The molecular weight excluding hydrogens is 229 g/mol. The van der Waals surface area contributed by atoms with Gasteiger partial charge in [-0.3, -0.25) is 4.68 Å². The molecule has 0 spiro atoms. The molecule has 1 heterocycles. The molecule has 0 amide bonds. The Balaban J connectivity index is 2.08. The molecule has 4 heteroatoms. The minimum atomic E-state index is -0.223. The van der Waals surface area contributed by atoms with Gasteiger partial charge < -0.3 is 5.32 Å². The van der Waals surface area contributed by atoms with E-state index in [1.165, 1.54) is 12.1 Å². The molecule has 3 nitrogen and oxygen atoms in total. The first-order valence-corrected chi connectivity index (χ1v) is 6.22. The van der Waals surface area contributed by atoms with Gasteiger partial charge in [-0.2, -0.15) is 5.10 Å². The van der Waals surface area contributed by atoms with E-state index in [4.69, 9.17) is 0 Å². The lowest BCUT2D eigenvalue weighted by Gasteiger charge is -2.11. The minimum absolute atomic E-state index is 0.223. The van der Waals surface area contributed by atoms with Crippen LogP contribution in [0.15, 0.2) is 36.5 Å². The molecule has 0 aliphatic heterocycles. The number of benzene rings is 1. The molecule has 1 aromatic carbocycles. The van der Waals surface area contributed by atoms with Crippen molar-refractivity contribution in [3.63, 3.8) is 0 Å². The Labute approximate surface area is 107 Å². The summed E-state index contributed by atoms with van der Waals surface area (Å²) in [7, 11) is 0. The third kappa shape index (κ3) is 3.17. The molecule has 0 saturated carbocycles. The largest absolute Gasteiger partial charge is 0.313 e. The Hall–Kier alpha value is -1.68. The summed E-state index contributed by atoms with van der Waals surface area (Å²) in [5.41, 5.74) is 1.81. The highest BCUT2D eigenvalue weighted by atomic mass is 19.1. The van der Waals surface area contributed by atoms with E-state index in [1.54, 1.807) is 12.1 Å². The Morgan fingerprint density at radius 3 is 2.67 bits per heavy atom. The summed E-state index contributed by atoms with van der Waals surface area (Å²) in [5, 5.41) is 7.83. The first-order valence-electron chi connectivity index (χ1n) is 6.22. The van der Waals surface area contributed by atoms with Gasteiger partial charge in [0.15, 0.2) is 0 Å². The Morgan fingerprint density at radius 2 is 2.00 bits per heavy atom. The molecule has 96 valence electrons. The monoisotopic (exact) mass is 247 g/mol. The van der Waals surface area contributed by atoms with Crippen LogP contribution in [0.25, 0.3) is 11.3 Å². The lowest BCUT2D eigenvalue weighted by molar-refractivity contribution is 0.462. The lowest BCUT2D eigenvalue weighted by atomic mass is 10.1. The molecule has 0 fully saturated rings. The van der Waals surface area contributed by atoms with Crippen LogP contribution in [0.4, 0.5) is 4.39 Å². The average Bonchev–Trinajstić information content (AvgIpc) is 2.78. The molecule has 2 rings (SSSR count). The highest BCUT2D eigenvalue weighted by Gasteiger charge is 2.05. The Bertz CT molecular complexity index is 490. The maximum Gasteiger partial charge on any atom is 0.123 e. The highest BCUT2D eigenvalue weighted by Crippen LogP contribution is 2.17. The number of halogens is 1. The summed E-state index contributed by atoms with van der Waals surface area (Å²) in [6.45, 7) is 5.99. The van der Waals surface area contributed by atoms with E-state index in [0.29, 0.717) is 6.04 Å². The van der Waals surface area contributed by atoms with Crippen molar-refractivity contribution in [2.24, 2.45) is 0 Å². The molecule has 18 heavy (non-hydrogen) atoms. The second-order valence-electron chi connectivity index (χ2n) is 4.39. The molecule has 1 aromatic heterocycles. The summed E-state index contributed by atoms with van der Waals surface area (Å²) in [5.74, 6) is -0.223. The Morgan fingerprint density at radius 1 is 1.28 bits per heavy atom. The van der Waals surface area contributed by atoms with Crippen molar-refractivity contribution in [1.82, 2.24) is 15.1 Å². The van der Waals surface area contributed by atoms with Crippen molar-refractivity contribution in [3.05, 3.63) is 42.3 Å². The number of nitrogens with zero attached hydrogens (tertiary/aromatic N) is 2. The van der Waals surface area contributed by atoms with E-state index in [-0.39, 0.29) is 5.82 Å². The van der Waals surface area contributed by atoms with Crippen molar-refractivity contribution in [2.45, 2.75) is 26.4 Å². The molecule has 0 radical (unpaired) electrons. The zero-order valence-corrected chi connectivity index (χ0v) is 10.7. The third-order valence-corrected chi connectivity index (χ3v) is 2.79. The molecule has 0 aliphatic carbocycles. The Kier molecular flexibility index (Phi) is 4.10. The lowest BCUT2D eigenvalue weighted by Crippen LogP contribution is -2.30. The summed E-state index contributed by atoms with van der Waals surface area (Å²) < 4.78 is 14.7. The number of rotatable bonds is 5. The highest BCUT2D eigenvalue weighted by molar-refractivity contribution is 5.58. The van der Waals surface area contributed by atoms with Gasteiger partial charge in [-0.15, -0.1) is 0 Å².